The Morgan fingerprint density at radius 3 is 2.36 bits per heavy atom. The van der Waals surface area contributed by atoms with Crippen molar-refractivity contribution in [2.24, 2.45) is 0 Å². The molecular formula is C9H7F5. The van der Waals surface area contributed by atoms with Crippen LogP contribution < -0.4 is 0 Å². The van der Waals surface area contributed by atoms with Crippen LogP contribution in [-0.2, 0) is 6.42 Å². The summed E-state index contributed by atoms with van der Waals surface area (Å²) in [6.07, 6.45) is -8.67. The van der Waals surface area contributed by atoms with Crippen LogP contribution in [0, 0.1) is 5.82 Å². The van der Waals surface area contributed by atoms with Crippen LogP contribution in [0.3, 0.4) is 0 Å². The molecule has 0 aliphatic rings. The molecule has 0 saturated heterocycles. The average Bonchev–Trinajstić information content (AvgIpc) is 2.02. The molecule has 0 aliphatic heterocycles. The quantitative estimate of drug-likeness (QED) is 0.657. The number of hydrogen-bond acceptors (Lipinski definition) is 0. The van der Waals surface area contributed by atoms with Crippen molar-refractivity contribution in [3.8, 4) is 0 Å². The molecule has 1 unspecified atom stereocenters. The molecule has 0 fully saturated rings. The lowest BCUT2D eigenvalue weighted by Crippen LogP contribution is -2.26. The van der Waals surface area contributed by atoms with Crippen molar-refractivity contribution in [3.63, 3.8) is 0 Å². The van der Waals surface area contributed by atoms with Gasteiger partial charge in [-0.3, -0.25) is 0 Å². The van der Waals surface area contributed by atoms with E-state index in [0.29, 0.717) is 0 Å². The molecule has 0 aromatic heterocycles. The van der Waals surface area contributed by atoms with Gasteiger partial charge in [-0.1, -0.05) is 12.1 Å². The Hall–Kier alpha value is -1.13. The molecule has 0 bridgehead atoms. The number of benzene rings is 1. The minimum Gasteiger partial charge on any atom is -0.237 e. The van der Waals surface area contributed by atoms with Gasteiger partial charge in [-0.05, 0) is 17.7 Å². The maximum Gasteiger partial charge on any atom is 0.419 e. The lowest BCUT2D eigenvalue weighted by Gasteiger charge is -2.11. The minimum absolute atomic E-state index is 0.00479. The van der Waals surface area contributed by atoms with E-state index in [1.807, 2.05) is 0 Å². The van der Waals surface area contributed by atoms with Crippen molar-refractivity contribution in [1.29, 1.82) is 0 Å². The van der Waals surface area contributed by atoms with Gasteiger partial charge in [0, 0.05) is 6.42 Å². The van der Waals surface area contributed by atoms with Gasteiger partial charge in [0.15, 0.2) is 6.17 Å². The summed E-state index contributed by atoms with van der Waals surface area (Å²) >= 11 is 0. The van der Waals surface area contributed by atoms with Crippen molar-refractivity contribution in [2.45, 2.75) is 18.8 Å². The third-order valence-electron chi connectivity index (χ3n) is 1.66. The monoisotopic (exact) mass is 210 g/mol. The van der Waals surface area contributed by atoms with Gasteiger partial charge in [0.25, 0.3) is 0 Å². The zero-order valence-electron chi connectivity index (χ0n) is 6.98. The Labute approximate surface area is 77.4 Å². The summed E-state index contributed by atoms with van der Waals surface area (Å²) in [5.74, 6) is -0.670. The first-order chi connectivity index (χ1) is 6.39. The van der Waals surface area contributed by atoms with Crippen molar-refractivity contribution in [1.82, 2.24) is 0 Å². The fourth-order valence-electron chi connectivity index (χ4n) is 0.987. The third kappa shape index (κ3) is 2.97. The smallest absolute Gasteiger partial charge is 0.237 e. The molecule has 0 amide bonds. The average molecular weight is 210 g/mol. The summed E-state index contributed by atoms with van der Waals surface area (Å²) in [5, 5.41) is 0. The van der Waals surface area contributed by atoms with Gasteiger partial charge in [-0.2, -0.15) is 13.2 Å². The summed E-state index contributed by atoms with van der Waals surface area (Å²) in [4.78, 5) is 0. The second kappa shape index (κ2) is 3.94. The van der Waals surface area contributed by atoms with E-state index in [1.165, 1.54) is 12.1 Å². The molecule has 1 rings (SSSR count). The summed E-state index contributed by atoms with van der Waals surface area (Å²) in [6, 6.07) is 4.47. The van der Waals surface area contributed by atoms with Crippen LogP contribution in [0.15, 0.2) is 24.3 Å². The van der Waals surface area contributed by atoms with Crippen molar-refractivity contribution < 1.29 is 22.0 Å². The largest absolute Gasteiger partial charge is 0.419 e. The van der Waals surface area contributed by atoms with Crippen LogP contribution in [0.5, 0.6) is 0 Å². The van der Waals surface area contributed by atoms with Crippen molar-refractivity contribution in [3.05, 3.63) is 35.6 Å². The topological polar surface area (TPSA) is 0 Å². The van der Waals surface area contributed by atoms with E-state index in [1.54, 1.807) is 0 Å². The molecule has 0 N–H and O–H groups in total. The molecule has 1 aromatic rings. The first kappa shape index (κ1) is 10.9. The first-order valence-corrected chi connectivity index (χ1v) is 3.85. The highest BCUT2D eigenvalue weighted by Gasteiger charge is 2.39. The zero-order chi connectivity index (χ0) is 10.8. The van der Waals surface area contributed by atoms with E-state index in [-0.39, 0.29) is 5.56 Å². The lowest BCUT2D eigenvalue weighted by atomic mass is 10.1. The highest BCUT2D eigenvalue weighted by Crippen LogP contribution is 2.25. The van der Waals surface area contributed by atoms with E-state index in [2.05, 4.69) is 0 Å². The van der Waals surface area contributed by atoms with Gasteiger partial charge in [0.1, 0.15) is 5.82 Å². The van der Waals surface area contributed by atoms with Crippen LogP contribution in [0.2, 0.25) is 0 Å². The second-order valence-corrected chi connectivity index (χ2v) is 2.84. The predicted octanol–water partition coefficient (Wildman–Crippen LogP) is 3.27. The van der Waals surface area contributed by atoms with Crippen LogP contribution >= 0.6 is 0 Å². The van der Waals surface area contributed by atoms with Gasteiger partial charge in [0.05, 0.1) is 0 Å². The van der Waals surface area contributed by atoms with Gasteiger partial charge >= 0.3 is 6.18 Å². The van der Waals surface area contributed by atoms with Gasteiger partial charge in [-0.15, -0.1) is 0 Å². The standard InChI is InChI=1S/C9H7F5/c10-7-3-1-2-6(4-7)5-8(11)9(12,13)14/h1-4,8H,5H2. The highest BCUT2D eigenvalue weighted by molar-refractivity contribution is 5.17. The fourth-order valence-corrected chi connectivity index (χ4v) is 0.987. The molecule has 0 spiro atoms. The third-order valence-corrected chi connectivity index (χ3v) is 1.66. The Kier molecular flexibility index (Phi) is 3.08. The number of rotatable bonds is 2. The molecule has 0 heterocycles. The van der Waals surface area contributed by atoms with Crippen LogP contribution in [0.1, 0.15) is 5.56 Å². The highest BCUT2D eigenvalue weighted by atomic mass is 19.4. The van der Waals surface area contributed by atoms with Crippen LogP contribution in [0.25, 0.3) is 0 Å². The molecule has 0 radical (unpaired) electrons. The SMILES string of the molecule is Fc1cccc(CC(F)C(F)(F)F)c1. The Morgan fingerprint density at radius 1 is 1.21 bits per heavy atom. The second-order valence-electron chi connectivity index (χ2n) is 2.84. The lowest BCUT2D eigenvalue weighted by molar-refractivity contribution is -0.179. The molecule has 1 aromatic carbocycles. The summed E-state index contributed by atoms with van der Waals surface area (Å²) in [7, 11) is 0. The van der Waals surface area contributed by atoms with Crippen molar-refractivity contribution >= 4 is 0 Å². The Balaban J connectivity index is 2.70. The Bertz CT molecular complexity index is 304. The Morgan fingerprint density at radius 2 is 1.86 bits per heavy atom. The minimum atomic E-state index is -4.88. The van der Waals surface area contributed by atoms with Gasteiger partial charge in [-0.25, -0.2) is 8.78 Å². The number of alkyl halides is 4. The van der Waals surface area contributed by atoms with E-state index in [0.717, 1.165) is 12.1 Å². The van der Waals surface area contributed by atoms with E-state index in [9.17, 15) is 22.0 Å². The molecule has 14 heavy (non-hydrogen) atoms. The maximum absolute atomic E-state index is 12.5. The maximum atomic E-state index is 12.5. The zero-order valence-corrected chi connectivity index (χ0v) is 6.98. The first-order valence-electron chi connectivity index (χ1n) is 3.85. The molecule has 78 valence electrons. The van der Waals surface area contributed by atoms with Gasteiger partial charge < -0.3 is 0 Å². The van der Waals surface area contributed by atoms with Crippen LogP contribution in [-0.4, -0.2) is 12.3 Å². The number of hydrogen-bond donors (Lipinski definition) is 0. The van der Waals surface area contributed by atoms with Crippen molar-refractivity contribution in [2.75, 3.05) is 0 Å². The molecule has 0 saturated carbocycles. The predicted molar refractivity (Wildman–Crippen MR) is 41.1 cm³/mol. The molecule has 0 aliphatic carbocycles. The van der Waals surface area contributed by atoms with E-state index in [4.69, 9.17) is 0 Å². The molecular weight excluding hydrogens is 203 g/mol. The van der Waals surface area contributed by atoms with E-state index >= 15 is 0 Å². The molecule has 0 nitrogen and oxygen atoms in total. The number of halogens is 5. The molecule has 5 heteroatoms. The summed E-state index contributed by atoms with van der Waals surface area (Å²) < 4.78 is 60.3. The summed E-state index contributed by atoms with van der Waals surface area (Å²) in [6.45, 7) is 0. The molecule has 1 atom stereocenters. The fraction of sp³-hybridized carbons (Fsp3) is 0.333. The summed E-state index contributed by atoms with van der Waals surface area (Å²) in [5.41, 5.74) is -0.00479. The van der Waals surface area contributed by atoms with E-state index < -0.39 is 24.6 Å². The normalized spacial score (nSPS) is 14.1. The van der Waals surface area contributed by atoms with Crippen LogP contribution in [0.4, 0.5) is 22.0 Å². The van der Waals surface area contributed by atoms with Gasteiger partial charge in [0.2, 0.25) is 0 Å².